The van der Waals surface area contributed by atoms with Crippen LogP contribution in [0.1, 0.15) is 23.5 Å². The Bertz CT molecular complexity index is 399. The fraction of sp³-hybridized carbons (Fsp3) is 0.455. The molecule has 0 spiro atoms. The molecule has 1 fully saturated rings. The highest BCUT2D eigenvalue weighted by Crippen LogP contribution is 2.51. The molecule has 1 aliphatic rings. The molecule has 16 heavy (non-hydrogen) atoms. The molecule has 1 aromatic rings. The van der Waals surface area contributed by atoms with E-state index in [1.54, 1.807) is 0 Å². The Morgan fingerprint density at radius 1 is 1.31 bits per heavy atom. The number of halogens is 5. The van der Waals surface area contributed by atoms with Gasteiger partial charge in [0.1, 0.15) is 5.82 Å². The molecular weight excluding hydrogens is 288 g/mol. The fourth-order valence-corrected chi connectivity index (χ4v) is 2.61. The van der Waals surface area contributed by atoms with Crippen molar-refractivity contribution in [3.8, 4) is 0 Å². The lowest BCUT2D eigenvalue weighted by molar-refractivity contribution is -0.138. The quantitative estimate of drug-likeness (QED) is 0.562. The first-order valence-corrected chi connectivity index (χ1v) is 5.98. The summed E-state index contributed by atoms with van der Waals surface area (Å²) in [7, 11) is 0. The first kappa shape index (κ1) is 11.9. The van der Waals surface area contributed by atoms with Gasteiger partial charge >= 0.3 is 6.18 Å². The Morgan fingerprint density at radius 2 is 2.00 bits per heavy atom. The number of alkyl halides is 4. The van der Waals surface area contributed by atoms with Crippen LogP contribution in [0.4, 0.5) is 17.6 Å². The largest absolute Gasteiger partial charge is 0.416 e. The van der Waals surface area contributed by atoms with E-state index in [0.717, 1.165) is 12.5 Å². The summed E-state index contributed by atoms with van der Waals surface area (Å²) in [6.07, 6.45) is -3.74. The number of rotatable bonds is 2. The molecule has 0 aromatic heterocycles. The molecule has 0 radical (unpaired) electrons. The zero-order chi connectivity index (χ0) is 11.9. The van der Waals surface area contributed by atoms with Gasteiger partial charge in [-0.05, 0) is 36.0 Å². The zero-order valence-electron chi connectivity index (χ0n) is 8.19. The topological polar surface area (TPSA) is 0 Å². The second kappa shape index (κ2) is 4.02. The van der Waals surface area contributed by atoms with E-state index >= 15 is 0 Å². The molecule has 2 atom stereocenters. The van der Waals surface area contributed by atoms with Gasteiger partial charge in [0.2, 0.25) is 0 Å². The van der Waals surface area contributed by atoms with Gasteiger partial charge in [0, 0.05) is 5.33 Å². The van der Waals surface area contributed by atoms with Crippen LogP contribution in [0.3, 0.4) is 0 Å². The molecule has 1 aromatic carbocycles. The van der Waals surface area contributed by atoms with Crippen molar-refractivity contribution in [2.45, 2.75) is 18.5 Å². The van der Waals surface area contributed by atoms with Gasteiger partial charge in [0.25, 0.3) is 0 Å². The highest BCUT2D eigenvalue weighted by atomic mass is 79.9. The average Bonchev–Trinajstić information content (AvgIpc) is 2.95. The van der Waals surface area contributed by atoms with Crippen LogP contribution in [0.15, 0.2) is 18.2 Å². The molecule has 88 valence electrons. The summed E-state index contributed by atoms with van der Waals surface area (Å²) >= 11 is 3.25. The number of hydrogen-bond acceptors (Lipinski definition) is 0. The van der Waals surface area contributed by atoms with Crippen molar-refractivity contribution in [2.24, 2.45) is 5.92 Å². The molecule has 2 rings (SSSR count). The van der Waals surface area contributed by atoms with Crippen LogP contribution in [-0.2, 0) is 6.18 Å². The highest BCUT2D eigenvalue weighted by Gasteiger charge is 2.43. The molecule has 5 heteroatoms. The lowest BCUT2D eigenvalue weighted by Crippen LogP contribution is -2.09. The van der Waals surface area contributed by atoms with Gasteiger partial charge in [-0.3, -0.25) is 0 Å². The van der Waals surface area contributed by atoms with Gasteiger partial charge < -0.3 is 0 Å². The van der Waals surface area contributed by atoms with E-state index in [0.29, 0.717) is 11.4 Å². The molecule has 0 saturated heterocycles. The van der Waals surface area contributed by atoms with Gasteiger partial charge in [-0.25, -0.2) is 4.39 Å². The summed E-state index contributed by atoms with van der Waals surface area (Å²) in [5.41, 5.74) is -0.612. The second-order valence-electron chi connectivity index (χ2n) is 3.99. The minimum absolute atomic E-state index is 0.0865. The summed E-state index contributed by atoms with van der Waals surface area (Å²) in [4.78, 5) is 0. The summed E-state index contributed by atoms with van der Waals surface area (Å²) in [6.45, 7) is 0. The normalized spacial score (nSPS) is 24.6. The van der Waals surface area contributed by atoms with E-state index in [4.69, 9.17) is 0 Å². The maximum Gasteiger partial charge on any atom is 0.416 e. The van der Waals surface area contributed by atoms with Gasteiger partial charge in [0.05, 0.1) is 5.56 Å². The van der Waals surface area contributed by atoms with Crippen LogP contribution in [0, 0.1) is 11.7 Å². The van der Waals surface area contributed by atoms with Crippen LogP contribution in [-0.4, -0.2) is 5.33 Å². The Morgan fingerprint density at radius 3 is 2.50 bits per heavy atom. The van der Waals surface area contributed by atoms with Crippen molar-refractivity contribution in [1.29, 1.82) is 0 Å². The third kappa shape index (κ3) is 2.24. The monoisotopic (exact) mass is 296 g/mol. The number of benzene rings is 1. The van der Waals surface area contributed by atoms with Crippen molar-refractivity contribution in [3.63, 3.8) is 0 Å². The van der Waals surface area contributed by atoms with Gasteiger partial charge in [0.15, 0.2) is 0 Å². The first-order valence-electron chi connectivity index (χ1n) is 4.86. The van der Waals surface area contributed by atoms with Crippen LogP contribution in [0.2, 0.25) is 0 Å². The lowest BCUT2D eigenvalue weighted by Gasteiger charge is -2.12. The van der Waals surface area contributed by atoms with Crippen molar-refractivity contribution in [2.75, 3.05) is 5.33 Å². The smallest absolute Gasteiger partial charge is 0.207 e. The van der Waals surface area contributed by atoms with Gasteiger partial charge in [-0.1, -0.05) is 22.0 Å². The Balaban J connectivity index is 2.38. The summed E-state index contributed by atoms with van der Waals surface area (Å²) in [5, 5.41) is 0.687. The van der Waals surface area contributed by atoms with E-state index in [9.17, 15) is 17.6 Å². The summed E-state index contributed by atoms with van der Waals surface area (Å²) in [6, 6.07) is 2.93. The molecule has 0 aliphatic heterocycles. The SMILES string of the molecule is Fc1ccc(C2CC2CBr)c(C(F)(F)F)c1. The third-order valence-electron chi connectivity index (χ3n) is 2.84. The molecule has 2 unspecified atom stereocenters. The maximum absolute atomic E-state index is 12.8. The lowest BCUT2D eigenvalue weighted by atomic mass is 10.0. The van der Waals surface area contributed by atoms with E-state index in [1.807, 2.05) is 0 Å². The minimum atomic E-state index is -4.48. The van der Waals surface area contributed by atoms with Crippen LogP contribution < -0.4 is 0 Å². The Hall–Kier alpha value is -0.580. The van der Waals surface area contributed by atoms with Crippen molar-refractivity contribution in [1.82, 2.24) is 0 Å². The van der Waals surface area contributed by atoms with E-state index in [1.165, 1.54) is 6.07 Å². The molecular formula is C11H9BrF4. The first-order chi connectivity index (χ1) is 7.43. The zero-order valence-corrected chi connectivity index (χ0v) is 9.78. The van der Waals surface area contributed by atoms with Crippen molar-refractivity contribution >= 4 is 15.9 Å². The summed E-state index contributed by atoms with van der Waals surface area (Å²) in [5.74, 6) is -0.685. The average molecular weight is 297 g/mol. The fourth-order valence-electron chi connectivity index (χ4n) is 1.90. The molecule has 0 nitrogen and oxygen atoms in total. The number of hydrogen-bond donors (Lipinski definition) is 0. The maximum atomic E-state index is 12.8. The Labute approximate surface area is 98.8 Å². The van der Waals surface area contributed by atoms with Crippen molar-refractivity contribution < 1.29 is 17.6 Å². The standard InChI is InChI=1S/C11H9BrF4/c12-5-6-3-9(6)8-2-1-7(13)4-10(8)11(14,15)16/h1-2,4,6,9H,3,5H2. The highest BCUT2D eigenvalue weighted by molar-refractivity contribution is 9.09. The van der Waals surface area contributed by atoms with E-state index < -0.39 is 17.6 Å². The molecule has 0 amide bonds. The van der Waals surface area contributed by atoms with Crippen LogP contribution >= 0.6 is 15.9 Å². The second-order valence-corrected chi connectivity index (χ2v) is 4.63. The molecule has 1 aliphatic carbocycles. The third-order valence-corrected chi connectivity index (χ3v) is 3.67. The van der Waals surface area contributed by atoms with E-state index in [2.05, 4.69) is 15.9 Å². The summed E-state index contributed by atoms with van der Waals surface area (Å²) < 4.78 is 50.8. The van der Waals surface area contributed by atoms with E-state index in [-0.39, 0.29) is 17.4 Å². The van der Waals surface area contributed by atoms with Gasteiger partial charge in [-0.15, -0.1) is 0 Å². The van der Waals surface area contributed by atoms with Crippen LogP contribution in [0.5, 0.6) is 0 Å². The molecule has 0 heterocycles. The molecule has 0 bridgehead atoms. The minimum Gasteiger partial charge on any atom is -0.207 e. The predicted molar refractivity (Wildman–Crippen MR) is 56.0 cm³/mol. The Kier molecular flexibility index (Phi) is 2.99. The van der Waals surface area contributed by atoms with Crippen molar-refractivity contribution in [3.05, 3.63) is 35.1 Å². The van der Waals surface area contributed by atoms with Gasteiger partial charge in [-0.2, -0.15) is 13.2 Å². The van der Waals surface area contributed by atoms with Crippen LogP contribution in [0.25, 0.3) is 0 Å². The molecule has 0 N–H and O–H groups in total. The molecule has 1 saturated carbocycles. The predicted octanol–water partition coefficient (Wildman–Crippen LogP) is 4.34.